The molecule has 3 aromatic rings. The van der Waals surface area contributed by atoms with E-state index in [1.54, 1.807) is 54.8 Å². The number of thiophene rings is 1. The highest BCUT2D eigenvalue weighted by Gasteiger charge is 2.34. The monoisotopic (exact) mass is 455 g/mol. The highest BCUT2D eigenvalue weighted by molar-refractivity contribution is 7.12. The molecule has 0 saturated heterocycles. The van der Waals surface area contributed by atoms with E-state index in [1.165, 1.54) is 22.0 Å². The summed E-state index contributed by atoms with van der Waals surface area (Å²) < 4.78 is 13.4. The number of hydrazone groups is 1. The van der Waals surface area contributed by atoms with Gasteiger partial charge in [-0.25, -0.2) is 9.40 Å². The lowest BCUT2D eigenvalue weighted by molar-refractivity contribution is -0.133. The number of hydrogen-bond acceptors (Lipinski definition) is 4. The summed E-state index contributed by atoms with van der Waals surface area (Å²) in [5, 5.41) is 8.25. The number of benzene rings is 2. The molecule has 31 heavy (non-hydrogen) atoms. The van der Waals surface area contributed by atoms with E-state index in [0.29, 0.717) is 17.0 Å². The van der Waals surface area contributed by atoms with Gasteiger partial charge in [0.25, 0.3) is 11.8 Å². The second kappa shape index (κ2) is 8.99. The van der Waals surface area contributed by atoms with Crippen molar-refractivity contribution in [3.05, 3.63) is 92.9 Å². The largest absolute Gasteiger partial charge is 0.332 e. The molecule has 1 aromatic heterocycles. The van der Waals surface area contributed by atoms with Gasteiger partial charge in [-0.2, -0.15) is 5.10 Å². The molecule has 2 heterocycles. The molecule has 2 amide bonds. The third-order valence-electron chi connectivity index (χ3n) is 5.05. The molecule has 0 bridgehead atoms. The van der Waals surface area contributed by atoms with E-state index >= 15 is 0 Å². The topological polar surface area (TPSA) is 53.0 Å². The Bertz CT molecular complexity index is 1130. The first-order valence-electron chi connectivity index (χ1n) is 9.63. The van der Waals surface area contributed by atoms with Crippen molar-refractivity contribution in [2.45, 2.75) is 12.5 Å². The number of carbonyl (C=O) groups is 2. The molecular formula is C23H19ClFN3O2S. The van der Waals surface area contributed by atoms with Gasteiger partial charge in [0.05, 0.1) is 27.2 Å². The van der Waals surface area contributed by atoms with Crippen LogP contribution in [0.5, 0.6) is 0 Å². The zero-order valence-electron chi connectivity index (χ0n) is 16.7. The molecule has 0 fully saturated rings. The molecule has 0 radical (unpaired) electrons. The van der Waals surface area contributed by atoms with Crippen molar-refractivity contribution in [1.29, 1.82) is 0 Å². The van der Waals surface area contributed by atoms with Crippen LogP contribution in [-0.4, -0.2) is 41.0 Å². The quantitative estimate of drug-likeness (QED) is 0.544. The van der Waals surface area contributed by atoms with Gasteiger partial charge in [-0.1, -0.05) is 41.9 Å². The van der Waals surface area contributed by atoms with Crippen molar-refractivity contribution in [2.24, 2.45) is 5.10 Å². The molecule has 1 aliphatic rings. The number of hydrogen-bond donors (Lipinski definition) is 0. The number of amides is 2. The van der Waals surface area contributed by atoms with Gasteiger partial charge >= 0.3 is 0 Å². The van der Waals surface area contributed by atoms with Gasteiger partial charge in [-0.05, 0) is 41.3 Å². The summed E-state index contributed by atoms with van der Waals surface area (Å²) >= 11 is 7.67. The highest BCUT2D eigenvalue weighted by Crippen LogP contribution is 2.34. The lowest BCUT2D eigenvalue weighted by Gasteiger charge is -2.25. The Hall–Kier alpha value is -3.03. The average Bonchev–Trinajstić information content (AvgIpc) is 3.44. The molecule has 1 aliphatic heterocycles. The number of likely N-dealkylation sites (N-methyl/N-ethyl adjacent to an activating group) is 1. The standard InChI is InChI=1S/C23H19ClFN3O2S/c1-27(23(30)17-5-2-3-6-18(17)24)14-22(29)28-20(15-8-10-16(25)11-9-15)13-19(26-28)21-7-4-12-31-21/h2-12,20H,13-14H2,1H3. The van der Waals surface area contributed by atoms with Gasteiger partial charge in [0.1, 0.15) is 12.4 Å². The SMILES string of the molecule is CN(CC(=O)N1N=C(c2cccs2)CC1c1ccc(F)cc1)C(=O)c1ccccc1Cl. The van der Waals surface area contributed by atoms with Gasteiger partial charge in [-0.15, -0.1) is 11.3 Å². The van der Waals surface area contributed by atoms with Gasteiger partial charge in [0.2, 0.25) is 0 Å². The van der Waals surface area contributed by atoms with E-state index in [0.717, 1.165) is 16.2 Å². The Balaban J connectivity index is 1.57. The molecule has 5 nitrogen and oxygen atoms in total. The number of carbonyl (C=O) groups excluding carboxylic acids is 2. The van der Waals surface area contributed by atoms with Crippen molar-refractivity contribution in [3.63, 3.8) is 0 Å². The van der Waals surface area contributed by atoms with Crippen molar-refractivity contribution in [2.75, 3.05) is 13.6 Å². The van der Waals surface area contributed by atoms with E-state index in [4.69, 9.17) is 11.6 Å². The molecule has 1 unspecified atom stereocenters. The van der Waals surface area contributed by atoms with Crippen LogP contribution >= 0.6 is 22.9 Å². The first-order chi connectivity index (χ1) is 14.9. The summed E-state index contributed by atoms with van der Waals surface area (Å²) in [6.45, 7) is -0.164. The maximum absolute atomic E-state index is 13.4. The van der Waals surface area contributed by atoms with Crippen LogP contribution in [0.1, 0.15) is 33.3 Å². The van der Waals surface area contributed by atoms with Crippen LogP contribution in [0, 0.1) is 5.82 Å². The molecular weight excluding hydrogens is 437 g/mol. The predicted octanol–water partition coefficient (Wildman–Crippen LogP) is 4.99. The molecule has 158 valence electrons. The smallest absolute Gasteiger partial charge is 0.262 e. The van der Waals surface area contributed by atoms with Gasteiger partial charge in [-0.3, -0.25) is 9.59 Å². The molecule has 0 saturated carbocycles. The van der Waals surface area contributed by atoms with Crippen LogP contribution < -0.4 is 0 Å². The molecule has 0 N–H and O–H groups in total. The summed E-state index contributed by atoms with van der Waals surface area (Å²) in [5.74, 6) is -1.02. The Kier molecular flexibility index (Phi) is 6.15. The fourth-order valence-corrected chi connectivity index (χ4v) is 4.40. The van der Waals surface area contributed by atoms with Crippen LogP contribution in [-0.2, 0) is 4.79 Å². The fourth-order valence-electron chi connectivity index (χ4n) is 3.46. The van der Waals surface area contributed by atoms with E-state index in [1.807, 2.05) is 17.5 Å². The summed E-state index contributed by atoms with van der Waals surface area (Å²) in [7, 11) is 1.55. The molecule has 1 atom stereocenters. The maximum atomic E-state index is 13.4. The van der Waals surface area contributed by atoms with Crippen LogP contribution in [0.15, 0.2) is 71.1 Å². The Morgan fingerprint density at radius 1 is 1.16 bits per heavy atom. The van der Waals surface area contributed by atoms with Gasteiger partial charge in [0.15, 0.2) is 0 Å². The molecule has 2 aromatic carbocycles. The van der Waals surface area contributed by atoms with Crippen LogP contribution in [0.25, 0.3) is 0 Å². The lowest BCUT2D eigenvalue weighted by atomic mass is 10.0. The van der Waals surface area contributed by atoms with Crippen LogP contribution in [0.3, 0.4) is 0 Å². The Morgan fingerprint density at radius 2 is 1.90 bits per heavy atom. The normalized spacial score (nSPS) is 15.6. The van der Waals surface area contributed by atoms with Crippen LogP contribution in [0.2, 0.25) is 5.02 Å². The maximum Gasteiger partial charge on any atom is 0.262 e. The molecule has 4 rings (SSSR count). The van der Waals surface area contributed by atoms with E-state index in [2.05, 4.69) is 5.10 Å². The third kappa shape index (κ3) is 4.52. The first kappa shape index (κ1) is 21.2. The first-order valence-corrected chi connectivity index (χ1v) is 10.9. The number of rotatable bonds is 5. The van der Waals surface area contributed by atoms with Crippen molar-refractivity contribution in [3.8, 4) is 0 Å². The number of halogens is 2. The molecule has 0 spiro atoms. The van der Waals surface area contributed by atoms with Crippen molar-refractivity contribution < 1.29 is 14.0 Å². The summed E-state index contributed by atoms with van der Waals surface area (Å²) in [4.78, 5) is 28.2. The van der Waals surface area contributed by atoms with Gasteiger partial charge < -0.3 is 4.90 Å². The third-order valence-corrected chi connectivity index (χ3v) is 6.30. The summed E-state index contributed by atoms with van der Waals surface area (Å²) in [6.07, 6.45) is 0.514. The lowest BCUT2D eigenvalue weighted by Crippen LogP contribution is -2.39. The van der Waals surface area contributed by atoms with Crippen molar-refractivity contribution in [1.82, 2.24) is 9.91 Å². The minimum Gasteiger partial charge on any atom is -0.332 e. The minimum atomic E-state index is -0.367. The fraction of sp³-hybridized carbons (Fsp3) is 0.174. The van der Waals surface area contributed by atoms with E-state index in [-0.39, 0.29) is 30.2 Å². The Labute approximate surface area is 188 Å². The zero-order valence-corrected chi connectivity index (χ0v) is 18.2. The summed E-state index contributed by atoms with van der Waals surface area (Å²) in [5.41, 5.74) is 1.90. The zero-order chi connectivity index (χ0) is 22.0. The second-order valence-corrected chi connectivity index (χ2v) is 8.53. The number of nitrogens with zero attached hydrogens (tertiary/aromatic N) is 3. The van der Waals surface area contributed by atoms with Crippen molar-refractivity contribution >= 4 is 40.5 Å². The predicted molar refractivity (Wildman–Crippen MR) is 120 cm³/mol. The van der Waals surface area contributed by atoms with E-state index in [9.17, 15) is 14.0 Å². The van der Waals surface area contributed by atoms with Gasteiger partial charge in [0, 0.05) is 13.5 Å². The Morgan fingerprint density at radius 3 is 2.58 bits per heavy atom. The average molecular weight is 456 g/mol. The van der Waals surface area contributed by atoms with E-state index < -0.39 is 0 Å². The summed E-state index contributed by atoms with van der Waals surface area (Å²) in [6, 6.07) is 16.3. The minimum absolute atomic E-state index is 0.164. The molecule has 8 heteroatoms. The highest BCUT2D eigenvalue weighted by atomic mass is 35.5. The molecule has 0 aliphatic carbocycles. The van der Waals surface area contributed by atoms with Crippen LogP contribution in [0.4, 0.5) is 4.39 Å². The second-order valence-electron chi connectivity index (χ2n) is 7.17.